The van der Waals surface area contributed by atoms with Gasteiger partial charge in [-0.05, 0) is 12.1 Å². The second kappa shape index (κ2) is 3.11. The van der Waals surface area contributed by atoms with Gasteiger partial charge >= 0.3 is 5.00 Å². The molecule has 1 heterocycles. The molecule has 1 aromatic heterocycles. The predicted octanol–water partition coefficient (Wildman–Crippen LogP) is 3.17. The molecule has 0 saturated heterocycles. The summed E-state index contributed by atoms with van der Waals surface area (Å²) in [7, 11) is 0. The van der Waals surface area contributed by atoms with Crippen molar-refractivity contribution in [3.8, 4) is 5.75 Å². The van der Waals surface area contributed by atoms with Crippen molar-refractivity contribution >= 4 is 38.0 Å². The Bertz CT molecular complexity index is 484. The van der Waals surface area contributed by atoms with Crippen LogP contribution < -0.4 is 0 Å². The zero-order valence-electron chi connectivity index (χ0n) is 6.73. The van der Waals surface area contributed by atoms with E-state index in [1.165, 1.54) is 18.2 Å². The number of fused-ring (bicyclic) bond motifs is 1. The van der Waals surface area contributed by atoms with E-state index in [1.807, 2.05) is 0 Å². The van der Waals surface area contributed by atoms with Crippen molar-refractivity contribution < 1.29 is 10.0 Å². The van der Waals surface area contributed by atoms with Crippen LogP contribution in [-0.2, 0) is 0 Å². The highest BCUT2D eigenvalue weighted by molar-refractivity contribution is 7.22. The van der Waals surface area contributed by atoms with Crippen LogP contribution in [0.2, 0.25) is 5.02 Å². The molecule has 0 amide bonds. The smallest absolute Gasteiger partial charge is 0.325 e. The van der Waals surface area contributed by atoms with Crippen molar-refractivity contribution in [3.63, 3.8) is 0 Å². The molecule has 1 N–H and O–H groups in total. The molecule has 0 unspecified atom stereocenters. The third-order valence-corrected chi connectivity index (χ3v) is 3.10. The number of hydrogen-bond acceptors (Lipinski definition) is 4. The molecule has 0 aliphatic carbocycles. The van der Waals surface area contributed by atoms with Crippen LogP contribution >= 0.6 is 22.9 Å². The number of hydrogen-bond donors (Lipinski definition) is 1. The summed E-state index contributed by atoms with van der Waals surface area (Å²) in [6, 6.07) is 4.37. The number of aromatic hydroxyl groups is 1. The number of thiophene rings is 1. The Morgan fingerprint density at radius 2 is 2.14 bits per heavy atom. The highest BCUT2D eigenvalue weighted by atomic mass is 35.5. The zero-order valence-corrected chi connectivity index (χ0v) is 8.30. The molecule has 2 rings (SSSR count). The van der Waals surface area contributed by atoms with E-state index < -0.39 is 4.92 Å². The van der Waals surface area contributed by atoms with Crippen LogP contribution in [0, 0.1) is 10.1 Å². The van der Waals surface area contributed by atoms with Gasteiger partial charge in [0.15, 0.2) is 0 Å². The van der Waals surface area contributed by atoms with Crippen LogP contribution in [0.3, 0.4) is 0 Å². The van der Waals surface area contributed by atoms with E-state index in [1.54, 1.807) is 0 Å². The van der Waals surface area contributed by atoms with Gasteiger partial charge in [-0.2, -0.15) is 0 Å². The molecule has 0 saturated carbocycles. The van der Waals surface area contributed by atoms with Crippen molar-refractivity contribution in [2.24, 2.45) is 0 Å². The minimum absolute atomic E-state index is 0.0432. The molecule has 0 bridgehead atoms. The minimum atomic E-state index is -0.463. The number of benzene rings is 1. The van der Waals surface area contributed by atoms with Crippen molar-refractivity contribution in [3.05, 3.63) is 33.3 Å². The SMILES string of the molecule is O=[N+]([O-])c1cc2cc(Cl)c(O)cc2s1. The van der Waals surface area contributed by atoms with E-state index in [-0.39, 0.29) is 15.8 Å². The number of phenolic OH excluding ortho intramolecular Hbond substituents is 1. The van der Waals surface area contributed by atoms with Crippen LogP contribution in [-0.4, -0.2) is 10.0 Å². The average Bonchev–Trinajstić information content (AvgIpc) is 2.48. The van der Waals surface area contributed by atoms with Gasteiger partial charge < -0.3 is 5.11 Å². The Hall–Kier alpha value is -1.33. The first-order valence-corrected chi connectivity index (χ1v) is 4.84. The number of nitro groups is 1. The van der Waals surface area contributed by atoms with E-state index in [2.05, 4.69) is 0 Å². The van der Waals surface area contributed by atoms with Gasteiger partial charge in [-0.25, -0.2) is 0 Å². The molecule has 0 atom stereocenters. The van der Waals surface area contributed by atoms with Gasteiger partial charge in [0.1, 0.15) is 5.75 Å². The van der Waals surface area contributed by atoms with E-state index in [9.17, 15) is 15.2 Å². The van der Waals surface area contributed by atoms with Crippen molar-refractivity contribution in [1.29, 1.82) is 0 Å². The molecule has 72 valence electrons. The van der Waals surface area contributed by atoms with Crippen molar-refractivity contribution in [1.82, 2.24) is 0 Å². The Morgan fingerprint density at radius 1 is 1.43 bits per heavy atom. The molecule has 1 aromatic carbocycles. The molecule has 0 aliphatic heterocycles. The van der Waals surface area contributed by atoms with Crippen molar-refractivity contribution in [2.75, 3.05) is 0 Å². The quantitative estimate of drug-likeness (QED) is 0.603. The highest BCUT2D eigenvalue weighted by Gasteiger charge is 2.12. The fraction of sp³-hybridized carbons (Fsp3) is 0. The van der Waals surface area contributed by atoms with E-state index in [0.717, 1.165) is 11.3 Å². The lowest BCUT2D eigenvalue weighted by molar-refractivity contribution is -0.380. The lowest BCUT2D eigenvalue weighted by Gasteiger charge is -1.94. The molecule has 14 heavy (non-hydrogen) atoms. The average molecular weight is 230 g/mol. The number of phenols is 1. The molecule has 0 aliphatic rings. The topological polar surface area (TPSA) is 63.4 Å². The monoisotopic (exact) mass is 229 g/mol. The van der Waals surface area contributed by atoms with Crippen LogP contribution in [0.5, 0.6) is 5.75 Å². The molecule has 2 aromatic rings. The van der Waals surface area contributed by atoms with Crippen LogP contribution in [0.25, 0.3) is 10.1 Å². The summed E-state index contributed by atoms with van der Waals surface area (Å²) >= 11 is 6.67. The van der Waals surface area contributed by atoms with Gasteiger partial charge in [-0.3, -0.25) is 10.1 Å². The summed E-state index contributed by atoms with van der Waals surface area (Å²) in [5.74, 6) is -0.0593. The van der Waals surface area contributed by atoms with Gasteiger partial charge in [0, 0.05) is 16.2 Å². The maximum Gasteiger partial charge on any atom is 0.325 e. The summed E-state index contributed by atoms with van der Waals surface area (Å²) < 4.78 is 0.651. The Labute approximate surface area is 87.5 Å². The Kier molecular flexibility index (Phi) is 2.05. The summed E-state index contributed by atoms with van der Waals surface area (Å²) in [5, 5.41) is 20.6. The lowest BCUT2D eigenvalue weighted by Crippen LogP contribution is -1.80. The Balaban J connectivity index is 2.72. The third kappa shape index (κ3) is 1.40. The molecule has 0 radical (unpaired) electrons. The number of rotatable bonds is 1. The standard InChI is InChI=1S/C8H4ClNO3S/c9-5-1-4-2-8(10(12)13)14-7(4)3-6(5)11/h1-3,11H. The van der Waals surface area contributed by atoms with E-state index in [4.69, 9.17) is 11.6 Å². The molecular formula is C8H4ClNO3S. The highest BCUT2D eigenvalue weighted by Crippen LogP contribution is 2.36. The maximum atomic E-state index is 10.5. The number of nitrogens with zero attached hydrogens (tertiary/aromatic N) is 1. The van der Waals surface area contributed by atoms with Gasteiger partial charge in [0.05, 0.1) is 9.95 Å². The second-order valence-corrected chi connectivity index (χ2v) is 4.15. The van der Waals surface area contributed by atoms with Crippen LogP contribution in [0.1, 0.15) is 0 Å². The summed E-state index contributed by atoms with van der Waals surface area (Å²) in [6.07, 6.45) is 0. The van der Waals surface area contributed by atoms with Gasteiger partial charge in [0.25, 0.3) is 0 Å². The van der Waals surface area contributed by atoms with E-state index >= 15 is 0 Å². The van der Waals surface area contributed by atoms with Gasteiger partial charge in [-0.15, -0.1) is 0 Å². The first kappa shape index (κ1) is 9.23. The van der Waals surface area contributed by atoms with Crippen LogP contribution in [0.4, 0.5) is 5.00 Å². The van der Waals surface area contributed by atoms with Crippen molar-refractivity contribution in [2.45, 2.75) is 0 Å². The molecule has 0 fully saturated rings. The molecule has 4 nitrogen and oxygen atoms in total. The fourth-order valence-electron chi connectivity index (χ4n) is 1.12. The normalized spacial score (nSPS) is 10.6. The molecule has 0 spiro atoms. The fourth-order valence-corrected chi connectivity index (χ4v) is 2.19. The van der Waals surface area contributed by atoms with E-state index in [0.29, 0.717) is 10.1 Å². The summed E-state index contributed by atoms with van der Waals surface area (Å²) in [4.78, 5) is 10.00. The number of halogens is 1. The van der Waals surface area contributed by atoms with Crippen LogP contribution in [0.15, 0.2) is 18.2 Å². The first-order chi connectivity index (χ1) is 6.58. The molecule has 6 heteroatoms. The summed E-state index contributed by atoms with van der Waals surface area (Å²) in [5.41, 5.74) is 0. The summed E-state index contributed by atoms with van der Waals surface area (Å²) in [6.45, 7) is 0. The lowest BCUT2D eigenvalue weighted by atomic mass is 10.2. The van der Waals surface area contributed by atoms with Gasteiger partial charge in [-0.1, -0.05) is 22.9 Å². The third-order valence-electron chi connectivity index (χ3n) is 1.75. The maximum absolute atomic E-state index is 10.5. The Morgan fingerprint density at radius 3 is 2.79 bits per heavy atom. The second-order valence-electron chi connectivity index (χ2n) is 2.68. The first-order valence-electron chi connectivity index (χ1n) is 3.64. The minimum Gasteiger partial charge on any atom is -0.506 e. The molecular weight excluding hydrogens is 226 g/mol. The largest absolute Gasteiger partial charge is 0.506 e. The predicted molar refractivity (Wildman–Crippen MR) is 55.2 cm³/mol. The zero-order chi connectivity index (χ0) is 10.3. The van der Waals surface area contributed by atoms with Gasteiger partial charge in [0.2, 0.25) is 0 Å².